The van der Waals surface area contributed by atoms with Crippen molar-refractivity contribution in [3.05, 3.63) is 47.2 Å². The number of nitrogens with two attached hydrogens (primary N) is 1. The quantitative estimate of drug-likeness (QED) is 0.725. The van der Waals surface area contributed by atoms with E-state index in [0.29, 0.717) is 16.6 Å². The van der Waals surface area contributed by atoms with Crippen molar-refractivity contribution in [2.24, 2.45) is 0 Å². The Kier molecular flexibility index (Phi) is 3.41. The van der Waals surface area contributed by atoms with Gasteiger partial charge in [0.25, 0.3) is 5.91 Å². The predicted molar refractivity (Wildman–Crippen MR) is 81.2 cm³/mol. The molecule has 1 amide bonds. The van der Waals surface area contributed by atoms with E-state index in [2.05, 4.69) is 15.5 Å². The first kappa shape index (κ1) is 13.3. The Hall–Kier alpha value is -2.67. The number of hydrogen-bond donors (Lipinski definition) is 2. The molecular formula is C14H12N4O2S. The zero-order valence-corrected chi connectivity index (χ0v) is 12.0. The van der Waals surface area contributed by atoms with Crippen LogP contribution in [0.25, 0.3) is 11.3 Å². The van der Waals surface area contributed by atoms with E-state index in [-0.39, 0.29) is 11.6 Å². The van der Waals surface area contributed by atoms with Crippen LogP contribution in [-0.2, 0) is 0 Å². The molecule has 2 heterocycles. The minimum absolute atomic E-state index is 0.233. The highest BCUT2D eigenvalue weighted by atomic mass is 32.1. The molecular weight excluding hydrogens is 288 g/mol. The van der Waals surface area contributed by atoms with Crippen LogP contribution in [0.3, 0.4) is 0 Å². The molecule has 0 bridgehead atoms. The van der Waals surface area contributed by atoms with Crippen molar-refractivity contribution < 1.29 is 9.32 Å². The molecule has 0 aliphatic heterocycles. The van der Waals surface area contributed by atoms with Gasteiger partial charge < -0.3 is 10.3 Å². The standard InChI is InChI=1S/C14H12N4O2S/c1-8-6-11(18-20-8)13(19)17-14-16-12(7-21-14)9-2-4-10(15)5-3-9/h2-7H,15H2,1H3,(H,16,17,19). The average molecular weight is 300 g/mol. The van der Waals surface area contributed by atoms with E-state index in [9.17, 15) is 4.79 Å². The van der Waals surface area contributed by atoms with Crippen LogP contribution in [0, 0.1) is 6.92 Å². The Morgan fingerprint density at radius 1 is 1.33 bits per heavy atom. The molecule has 3 rings (SSSR count). The van der Waals surface area contributed by atoms with Gasteiger partial charge >= 0.3 is 0 Å². The summed E-state index contributed by atoms with van der Waals surface area (Å²) >= 11 is 1.35. The van der Waals surface area contributed by atoms with Crippen LogP contribution in [0.4, 0.5) is 10.8 Å². The number of hydrogen-bond acceptors (Lipinski definition) is 6. The Balaban J connectivity index is 1.76. The van der Waals surface area contributed by atoms with Crippen LogP contribution in [0.1, 0.15) is 16.2 Å². The lowest BCUT2D eigenvalue weighted by molar-refractivity contribution is 0.101. The Labute approximate surface area is 124 Å². The zero-order chi connectivity index (χ0) is 14.8. The van der Waals surface area contributed by atoms with E-state index in [4.69, 9.17) is 10.3 Å². The number of rotatable bonds is 3. The maximum absolute atomic E-state index is 11.9. The summed E-state index contributed by atoms with van der Waals surface area (Å²) in [5.41, 5.74) is 8.31. The van der Waals surface area contributed by atoms with Crippen molar-refractivity contribution in [2.45, 2.75) is 6.92 Å². The third kappa shape index (κ3) is 2.92. The van der Waals surface area contributed by atoms with Crippen LogP contribution in [0.2, 0.25) is 0 Å². The van der Waals surface area contributed by atoms with Crippen molar-refractivity contribution >= 4 is 28.1 Å². The fraction of sp³-hybridized carbons (Fsp3) is 0.0714. The minimum atomic E-state index is -0.343. The number of anilines is 2. The molecule has 0 aliphatic carbocycles. The van der Waals surface area contributed by atoms with E-state index >= 15 is 0 Å². The number of carbonyl (C=O) groups is 1. The number of amides is 1. The van der Waals surface area contributed by atoms with Gasteiger partial charge in [0.05, 0.1) is 5.69 Å². The zero-order valence-electron chi connectivity index (χ0n) is 11.2. The van der Waals surface area contributed by atoms with Gasteiger partial charge in [-0.2, -0.15) is 0 Å². The molecule has 0 radical (unpaired) electrons. The maximum atomic E-state index is 11.9. The molecule has 3 N–H and O–H groups in total. The van der Waals surface area contributed by atoms with Gasteiger partial charge in [0.1, 0.15) is 5.76 Å². The van der Waals surface area contributed by atoms with Gasteiger partial charge in [0.2, 0.25) is 0 Å². The maximum Gasteiger partial charge on any atom is 0.279 e. The highest BCUT2D eigenvalue weighted by Crippen LogP contribution is 2.25. The van der Waals surface area contributed by atoms with Crippen molar-refractivity contribution in [3.8, 4) is 11.3 Å². The molecule has 1 aromatic carbocycles. The molecule has 0 atom stereocenters. The second kappa shape index (κ2) is 5.37. The van der Waals surface area contributed by atoms with Crippen LogP contribution in [0.15, 0.2) is 40.2 Å². The number of nitrogen functional groups attached to an aromatic ring is 1. The molecule has 0 spiro atoms. The molecule has 0 fully saturated rings. The third-order valence-corrected chi connectivity index (χ3v) is 3.55. The molecule has 7 heteroatoms. The average Bonchev–Trinajstić information content (AvgIpc) is 3.09. The van der Waals surface area contributed by atoms with Gasteiger partial charge in [-0.25, -0.2) is 4.98 Å². The molecule has 0 unspecified atom stereocenters. The molecule has 6 nitrogen and oxygen atoms in total. The van der Waals surface area contributed by atoms with E-state index in [0.717, 1.165) is 11.3 Å². The smallest absolute Gasteiger partial charge is 0.279 e. The summed E-state index contributed by atoms with van der Waals surface area (Å²) < 4.78 is 4.87. The Morgan fingerprint density at radius 2 is 2.10 bits per heavy atom. The summed E-state index contributed by atoms with van der Waals surface area (Å²) in [6.07, 6.45) is 0. The highest BCUT2D eigenvalue weighted by molar-refractivity contribution is 7.14. The minimum Gasteiger partial charge on any atom is -0.399 e. The SMILES string of the molecule is Cc1cc(C(=O)Nc2nc(-c3ccc(N)cc3)cs2)no1. The molecule has 21 heavy (non-hydrogen) atoms. The first-order valence-corrected chi connectivity index (χ1v) is 7.06. The molecule has 0 saturated heterocycles. The number of carbonyl (C=O) groups excluding carboxylic acids is 1. The van der Waals surface area contributed by atoms with Crippen LogP contribution >= 0.6 is 11.3 Å². The first-order chi connectivity index (χ1) is 10.1. The Morgan fingerprint density at radius 3 is 2.76 bits per heavy atom. The molecule has 3 aromatic rings. The number of aryl methyl sites for hydroxylation is 1. The third-order valence-electron chi connectivity index (χ3n) is 2.79. The largest absolute Gasteiger partial charge is 0.399 e. The summed E-state index contributed by atoms with van der Waals surface area (Å²) in [5.74, 6) is 0.243. The summed E-state index contributed by atoms with van der Waals surface area (Å²) in [7, 11) is 0. The Bertz CT molecular complexity index is 776. The number of aromatic nitrogens is 2. The van der Waals surface area contributed by atoms with Crippen molar-refractivity contribution in [3.63, 3.8) is 0 Å². The van der Waals surface area contributed by atoms with Crippen LogP contribution in [-0.4, -0.2) is 16.0 Å². The first-order valence-electron chi connectivity index (χ1n) is 6.18. The normalized spacial score (nSPS) is 10.5. The molecule has 0 saturated carbocycles. The van der Waals surface area contributed by atoms with Gasteiger partial charge in [0, 0.05) is 22.7 Å². The number of nitrogens with zero attached hydrogens (tertiary/aromatic N) is 2. The second-order valence-corrected chi connectivity index (χ2v) is 5.29. The summed E-state index contributed by atoms with van der Waals surface area (Å²) in [6.45, 7) is 1.73. The topological polar surface area (TPSA) is 94.0 Å². The van der Waals surface area contributed by atoms with Crippen LogP contribution < -0.4 is 11.1 Å². The second-order valence-electron chi connectivity index (χ2n) is 4.44. The summed E-state index contributed by atoms with van der Waals surface area (Å²) in [5, 5.41) is 8.73. The lowest BCUT2D eigenvalue weighted by Crippen LogP contribution is -2.11. The van der Waals surface area contributed by atoms with E-state index in [1.807, 2.05) is 29.6 Å². The number of nitrogens with one attached hydrogen (secondary N) is 1. The van der Waals surface area contributed by atoms with Gasteiger partial charge in [-0.05, 0) is 19.1 Å². The van der Waals surface area contributed by atoms with Gasteiger partial charge in [-0.1, -0.05) is 17.3 Å². The lowest BCUT2D eigenvalue weighted by Gasteiger charge is -1.98. The van der Waals surface area contributed by atoms with Crippen LogP contribution in [0.5, 0.6) is 0 Å². The monoisotopic (exact) mass is 300 g/mol. The predicted octanol–water partition coefficient (Wildman–Crippen LogP) is 2.94. The molecule has 0 aliphatic rings. The van der Waals surface area contributed by atoms with Crippen molar-refractivity contribution in [2.75, 3.05) is 11.1 Å². The van der Waals surface area contributed by atoms with Gasteiger partial charge in [-0.15, -0.1) is 11.3 Å². The fourth-order valence-electron chi connectivity index (χ4n) is 1.75. The molecule has 2 aromatic heterocycles. The fourth-order valence-corrected chi connectivity index (χ4v) is 2.47. The highest BCUT2D eigenvalue weighted by Gasteiger charge is 2.13. The van der Waals surface area contributed by atoms with E-state index < -0.39 is 0 Å². The summed E-state index contributed by atoms with van der Waals surface area (Å²) in [6, 6.07) is 8.97. The summed E-state index contributed by atoms with van der Waals surface area (Å²) in [4.78, 5) is 16.3. The van der Waals surface area contributed by atoms with Crippen molar-refractivity contribution in [1.82, 2.24) is 10.1 Å². The van der Waals surface area contributed by atoms with Gasteiger partial charge in [-0.3, -0.25) is 10.1 Å². The molecule has 106 valence electrons. The van der Waals surface area contributed by atoms with E-state index in [1.165, 1.54) is 11.3 Å². The van der Waals surface area contributed by atoms with Crippen molar-refractivity contribution in [1.29, 1.82) is 0 Å². The number of benzene rings is 1. The van der Waals surface area contributed by atoms with Gasteiger partial charge in [0.15, 0.2) is 10.8 Å². The van der Waals surface area contributed by atoms with E-state index in [1.54, 1.807) is 13.0 Å². The number of thiazole rings is 1. The lowest BCUT2D eigenvalue weighted by atomic mass is 10.1.